The van der Waals surface area contributed by atoms with Crippen molar-refractivity contribution in [2.45, 2.75) is 25.8 Å². The number of thiocarbonyl (C=S) groups is 1. The van der Waals surface area contributed by atoms with Gasteiger partial charge >= 0.3 is 0 Å². The molecule has 0 aliphatic heterocycles. The third-order valence-electron chi connectivity index (χ3n) is 2.34. The van der Waals surface area contributed by atoms with Gasteiger partial charge in [-0.15, -0.1) is 0 Å². The van der Waals surface area contributed by atoms with E-state index in [0.29, 0.717) is 5.56 Å². The molecule has 0 fully saturated rings. The van der Waals surface area contributed by atoms with Crippen LogP contribution in [0.1, 0.15) is 25.8 Å². The summed E-state index contributed by atoms with van der Waals surface area (Å²) in [7, 11) is 0. The lowest BCUT2D eigenvalue weighted by Crippen LogP contribution is -2.36. The summed E-state index contributed by atoms with van der Waals surface area (Å²) in [6.07, 6.45) is 0.101. The van der Waals surface area contributed by atoms with Gasteiger partial charge in [-0.3, -0.25) is 4.79 Å². The molecule has 5 N–H and O–H groups in total. The van der Waals surface area contributed by atoms with Crippen LogP contribution in [0, 0.1) is 5.82 Å². The van der Waals surface area contributed by atoms with Crippen LogP contribution in [-0.2, 0) is 4.79 Å². The zero-order valence-corrected chi connectivity index (χ0v) is 11.1. The van der Waals surface area contributed by atoms with Crippen LogP contribution in [0.25, 0.3) is 0 Å². The molecule has 0 atom stereocenters. The van der Waals surface area contributed by atoms with E-state index < -0.39 is 17.3 Å². The lowest BCUT2D eigenvalue weighted by Gasteiger charge is -2.26. The maximum atomic E-state index is 13.8. The number of carbonyl (C=O) groups is 1. The molecule has 0 saturated heterocycles. The Morgan fingerprint density at radius 3 is 2.50 bits per heavy atom. The van der Waals surface area contributed by atoms with Crippen LogP contribution in [0.2, 0.25) is 0 Å². The van der Waals surface area contributed by atoms with Gasteiger partial charge in [-0.05, 0) is 32.0 Å². The quantitative estimate of drug-likeness (QED) is 0.708. The van der Waals surface area contributed by atoms with E-state index in [2.05, 4.69) is 5.32 Å². The summed E-state index contributed by atoms with van der Waals surface area (Å²) in [5.41, 5.74) is 10.6. The minimum absolute atomic E-state index is 0.101. The molecule has 0 aromatic heterocycles. The second kappa shape index (κ2) is 5.30. The SMILES string of the molecule is CC(C)(CC(N)=O)Nc1ccc(C(N)=S)cc1F. The van der Waals surface area contributed by atoms with E-state index in [9.17, 15) is 9.18 Å². The summed E-state index contributed by atoms with van der Waals surface area (Å²) in [6, 6.07) is 4.41. The van der Waals surface area contributed by atoms with Crippen LogP contribution in [0.5, 0.6) is 0 Å². The second-order valence-electron chi connectivity index (χ2n) is 4.71. The van der Waals surface area contributed by atoms with Crippen LogP contribution in [0.4, 0.5) is 10.1 Å². The minimum atomic E-state index is -0.628. The highest BCUT2D eigenvalue weighted by Crippen LogP contribution is 2.22. The van der Waals surface area contributed by atoms with Crippen molar-refractivity contribution in [2.75, 3.05) is 5.32 Å². The fourth-order valence-corrected chi connectivity index (χ4v) is 1.74. The maximum absolute atomic E-state index is 13.8. The Morgan fingerprint density at radius 1 is 1.44 bits per heavy atom. The van der Waals surface area contributed by atoms with Crippen LogP contribution in [0.15, 0.2) is 18.2 Å². The number of nitrogens with one attached hydrogen (secondary N) is 1. The Bertz CT molecular complexity index is 488. The highest BCUT2D eigenvalue weighted by atomic mass is 32.1. The first-order chi connectivity index (χ1) is 8.21. The standard InChI is InChI=1S/C12H16FN3OS/c1-12(2,6-10(14)17)16-9-4-3-7(11(15)18)5-8(9)13/h3-5,16H,6H2,1-2H3,(H2,14,17)(H2,15,18). The molecule has 0 spiro atoms. The number of hydrogen-bond donors (Lipinski definition) is 3. The molecule has 1 aromatic carbocycles. The van der Waals surface area contributed by atoms with Gasteiger partial charge in [0.15, 0.2) is 0 Å². The number of amides is 1. The van der Waals surface area contributed by atoms with Gasteiger partial charge in [-0.25, -0.2) is 4.39 Å². The molecular formula is C12H16FN3OS. The van der Waals surface area contributed by atoms with E-state index in [1.165, 1.54) is 12.1 Å². The summed E-state index contributed by atoms with van der Waals surface area (Å²) in [6.45, 7) is 3.53. The van der Waals surface area contributed by atoms with E-state index >= 15 is 0 Å². The van der Waals surface area contributed by atoms with Crippen molar-refractivity contribution < 1.29 is 9.18 Å². The number of benzene rings is 1. The highest BCUT2D eigenvalue weighted by Gasteiger charge is 2.21. The second-order valence-corrected chi connectivity index (χ2v) is 5.15. The Labute approximate surface area is 111 Å². The van der Waals surface area contributed by atoms with Crippen molar-refractivity contribution in [3.63, 3.8) is 0 Å². The fourth-order valence-electron chi connectivity index (χ4n) is 1.61. The maximum Gasteiger partial charge on any atom is 0.219 e. The topological polar surface area (TPSA) is 81.1 Å². The monoisotopic (exact) mass is 269 g/mol. The molecule has 1 rings (SSSR count). The van der Waals surface area contributed by atoms with Gasteiger partial charge in [0.05, 0.1) is 5.69 Å². The van der Waals surface area contributed by atoms with Gasteiger partial charge in [0, 0.05) is 17.5 Å². The fraction of sp³-hybridized carbons (Fsp3) is 0.333. The summed E-state index contributed by atoms with van der Waals surface area (Å²) in [5.74, 6) is -0.925. The lowest BCUT2D eigenvalue weighted by molar-refractivity contribution is -0.118. The molecule has 0 radical (unpaired) electrons. The largest absolute Gasteiger partial charge is 0.389 e. The molecule has 0 unspecified atom stereocenters. The van der Waals surface area contributed by atoms with Gasteiger partial charge in [0.25, 0.3) is 0 Å². The average Bonchev–Trinajstić information content (AvgIpc) is 2.18. The number of rotatable bonds is 5. The molecule has 0 heterocycles. The van der Waals surface area contributed by atoms with E-state index in [-0.39, 0.29) is 17.1 Å². The zero-order chi connectivity index (χ0) is 13.9. The number of halogens is 1. The van der Waals surface area contributed by atoms with Crippen LogP contribution >= 0.6 is 12.2 Å². The van der Waals surface area contributed by atoms with E-state index in [1.54, 1.807) is 19.9 Å². The number of hydrogen-bond acceptors (Lipinski definition) is 3. The molecule has 98 valence electrons. The molecule has 4 nitrogen and oxygen atoms in total. The van der Waals surface area contributed by atoms with Gasteiger partial charge in [0.2, 0.25) is 5.91 Å². The number of carbonyl (C=O) groups excluding carboxylic acids is 1. The summed E-state index contributed by atoms with van der Waals surface area (Å²) < 4.78 is 13.8. The first-order valence-electron chi connectivity index (χ1n) is 5.37. The third-order valence-corrected chi connectivity index (χ3v) is 2.58. The third kappa shape index (κ3) is 3.96. The summed E-state index contributed by atoms with van der Waals surface area (Å²) >= 11 is 4.76. The Kier molecular flexibility index (Phi) is 4.24. The van der Waals surface area contributed by atoms with E-state index in [1.807, 2.05) is 0 Å². The van der Waals surface area contributed by atoms with Crippen LogP contribution < -0.4 is 16.8 Å². The Balaban J connectivity index is 2.92. The minimum Gasteiger partial charge on any atom is -0.389 e. The van der Waals surface area contributed by atoms with Crippen molar-refractivity contribution in [1.29, 1.82) is 0 Å². The predicted molar refractivity (Wildman–Crippen MR) is 73.8 cm³/mol. The molecular weight excluding hydrogens is 253 g/mol. The number of anilines is 1. The van der Waals surface area contributed by atoms with Crippen molar-refractivity contribution in [1.82, 2.24) is 0 Å². The zero-order valence-electron chi connectivity index (χ0n) is 10.3. The van der Waals surface area contributed by atoms with Crippen molar-refractivity contribution >= 4 is 28.8 Å². The Morgan fingerprint density at radius 2 is 2.06 bits per heavy atom. The van der Waals surface area contributed by atoms with Crippen molar-refractivity contribution in [2.24, 2.45) is 11.5 Å². The first kappa shape index (κ1) is 14.4. The van der Waals surface area contributed by atoms with Crippen molar-refractivity contribution in [3.05, 3.63) is 29.6 Å². The first-order valence-corrected chi connectivity index (χ1v) is 5.78. The molecule has 0 bridgehead atoms. The molecule has 1 aromatic rings. The van der Waals surface area contributed by atoms with Gasteiger partial charge < -0.3 is 16.8 Å². The highest BCUT2D eigenvalue weighted by molar-refractivity contribution is 7.80. The molecule has 0 aliphatic rings. The molecule has 1 amide bonds. The Hall–Kier alpha value is -1.69. The molecule has 18 heavy (non-hydrogen) atoms. The summed E-state index contributed by atoms with van der Waals surface area (Å²) in [4.78, 5) is 11.0. The lowest BCUT2D eigenvalue weighted by atomic mass is 9.99. The van der Waals surface area contributed by atoms with Crippen LogP contribution in [-0.4, -0.2) is 16.4 Å². The molecule has 6 heteroatoms. The number of primary amides is 1. The molecule has 0 aliphatic carbocycles. The van der Waals surface area contributed by atoms with Gasteiger partial charge in [-0.1, -0.05) is 12.2 Å². The average molecular weight is 269 g/mol. The van der Waals surface area contributed by atoms with E-state index in [4.69, 9.17) is 23.7 Å². The van der Waals surface area contributed by atoms with Crippen molar-refractivity contribution in [3.8, 4) is 0 Å². The normalized spacial score (nSPS) is 11.1. The summed E-state index contributed by atoms with van der Waals surface area (Å²) in [5, 5.41) is 2.92. The predicted octanol–water partition coefficient (Wildman–Crippen LogP) is 1.53. The van der Waals surface area contributed by atoms with E-state index in [0.717, 1.165) is 0 Å². The van der Waals surface area contributed by atoms with Gasteiger partial charge in [0.1, 0.15) is 10.8 Å². The smallest absolute Gasteiger partial charge is 0.219 e. The number of nitrogens with two attached hydrogens (primary N) is 2. The van der Waals surface area contributed by atoms with Gasteiger partial charge in [-0.2, -0.15) is 0 Å². The van der Waals surface area contributed by atoms with Crippen LogP contribution in [0.3, 0.4) is 0 Å². The molecule has 0 saturated carbocycles.